The summed E-state index contributed by atoms with van der Waals surface area (Å²) in [5.41, 5.74) is -7.35. The lowest BCUT2D eigenvalue weighted by Crippen LogP contribution is -2.71. The fraction of sp³-hybridized carbons (Fsp3) is 0.857. The second-order valence-electron chi connectivity index (χ2n) is 7.77. The van der Waals surface area contributed by atoms with Crippen LogP contribution in [0.25, 0.3) is 0 Å². The average Bonchev–Trinajstić information content (AvgIpc) is 2.10. The molecule has 0 saturated carbocycles. The fourth-order valence-corrected chi connectivity index (χ4v) is 2.31. The third kappa shape index (κ3) is 4.18. The van der Waals surface area contributed by atoms with Gasteiger partial charge in [0, 0.05) is 0 Å². The molecule has 0 bridgehead atoms. The number of hydrogen-bond acceptors (Lipinski definition) is 6. The van der Waals surface area contributed by atoms with Crippen LogP contribution in [0.1, 0.15) is 54.4 Å². The van der Waals surface area contributed by atoms with E-state index in [1.165, 1.54) is 0 Å². The summed E-state index contributed by atoms with van der Waals surface area (Å²) in [4.78, 5) is 22.6. The maximum Gasteiger partial charge on any atom is 0.138 e. The van der Waals surface area contributed by atoms with Crippen molar-refractivity contribution in [1.82, 2.24) is 0 Å². The number of carbonyl (C=O) groups excluding carboxylic acids is 2. The van der Waals surface area contributed by atoms with E-state index in [1.54, 1.807) is 41.5 Å². The molecule has 0 spiro atoms. The lowest BCUT2D eigenvalue weighted by Gasteiger charge is -2.49. The van der Waals surface area contributed by atoms with Crippen molar-refractivity contribution in [2.24, 2.45) is 10.8 Å². The topological polar surface area (TPSA) is 121 Å². The average molecular weight is 288 g/mol. The highest BCUT2D eigenvalue weighted by molar-refractivity contribution is 5.89. The first kappa shape index (κ1) is 18.9. The molecule has 0 heterocycles. The van der Waals surface area contributed by atoms with Gasteiger partial charge in [0.05, 0.1) is 11.9 Å². The zero-order chi connectivity index (χ0) is 16.6. The predicted molar refractivity (Wildman–Crippen MR) is 68.1 cm³/mol. The quantitative estimate of drug-likeness (QED) is 0.657. The van der Waals surface area contributed by atoms with Gasteiger partial charge in [-0.15, -0.1) is 0 Å². The van der Waals surface area contributed by atoms with Crippen LogP contribution < -0.4 is 10.2 Å². The van der Waals surface area contributed by atoms with Gasteiger partial charge in [-0.1, -0.05) is 41.5 Å². The van der Waals surface area contributed by atoms with Gasteiger partial charge in [-0.25, -0.2) is 0 Å². The Hall–Kier alpha value is -1.14. The Labute approximate surface area is 119 Å². The molecule has 20 heavy (non-hydrogen) atoms. The van der Waals surface area contributed by atoms with E-state index >= 15 is 0 Å². The monoisotopic (exact) mass is 288 g/mol. The molecule has 2 unspecified atom stereocenters. The van der Waals surface area contributed by atoms with Gasteiger partial charge in [-0.3, -0.25) is 0 Å². The Morgan fingerprint density at radius 1 is 0.750 bits per heavy atom. The second-order valence-corrected chi connectivity index (χ2v) is 7.77. The van der Waals surface area contributed by atoms with Crippen LogP contribution in [0.15, 0.2) is 0 Å². The molecule has 0 aromatic rings. The van der Waals surface area contributed by atoms with Crippen LogP contribution in [0.2, 0.25) is 0 Å². The molecule has 0 amide bonds. The summed E-state index contributed by atoms with van der Waals surface area (Å²) >= 11 is 0. The molecular weight excluding hydrogens is 264 g/mol. The van der Waals surface area contributed by atoms with Crippen LogP contribution in [-0.2, 0) is 9.59 Å². The van der Waals surface area contributed by atoms with Crippen molar-refractivity contribution in [3.8, 4) is 0 Å². The van der Waals surface area contributed by atoms with E-state index in [-0.39, 0.29) is 0 Å². The van der Waals surface area contributed by atoms with Gasteiger partial charge in [-0.2, -0.15) is 0 Å². The van der Waals surface area contributed by atoms with Crippen molar-refractivity contribution in [2.45, 2.75) is 65.6 Å². The first-order valence-electron chi connectivity index (χ1n) is 6.43. The summed E-state index contributed by atoms with van der Waals surface area (Å²) in [6.45, 7) is 9.71. The first-order valence-corrected chi connectivity index (χ1v) is 6.43. The molecule has 2 N–H and O–H groups in total. The zero-order valence-corrected chi connectivity index (χ0v) is 12.9. The van der Waals surface area contributed by atoms with Crippen molar-refractivity contribution in [1.29, 1.82) is 0 Å². The lowest BCUT2D eigenvalue weighted by molar-refractivity contribution is -0.362. The van der Waals surface area contributed by atoms with Crippen LogP contribution in [0.4, 0.5) is 0 Å². The minimum atomic E-state index is -2.93. The third-order valence-electron chi connectivity index (χ3n) is 2.93. The number of carbonyl (C=O) groups is 2. The van der Waals surface area contributed by atoms with Gasteiger partial charge in [-0.05, 0) is 23.7 Å². The van der Waals surface area contributed by atoms with Gasteiger partial charge in [0.2, 0.25) is 0 Å². The minimum Gasteiger partial charge on any atom is -0.547 e. The molecule has 0 aromatic heterocycles. The van der Waals surface area contributed by atoms with Crippen molar-refractivity contribution in [2.75, 3.05) is 0 Å². The van der Waals surface area contributed by atoms with Gasteiger partial charge in [0.1, 0.15) is 11.2 Å². The standard InChI is InChI=1S/C14H26O6/c1-11(2,3)7-13(19,9(15)16)14(20,10(17)18)8-12(4,5)6/h19-20H,7-8H2,1-6H3,(H,15,16)(H,17,18)/p-2. The Bertz CT molecular complexity index is 351. The minimum absolute atomic E-state index is 0.483. The van der Waals surface area contributed by atoms with E-state index in [0.717, 1.165) is 0 Å². The van der Waals surface area contributed by atoms with Crippen LogP contribution >= 0.6 is 0 Å². The van der Waals surface area contributed by atoms with Crippen molar-refractivity contribution in [3.05, 3.63) is 0 Å². The smallest absolute Gasteiger partial charge is 0.138 e. The molecule has 0 saturated heterocycles. The molecule has 6 heteroatoms. The van der Waals surface area contributed by atoms with E-state index in [9.17, 15) is 30.0 Å². The first-order chi connectivity index (χ1) is 8.55. The Balaban J connectivity index is 5.94. The van der Waals surface area contributed by atoms with Gasteiger partial charge in [0.15, 0.2) is 0 Å². The molecule has 0 aromatic carbocycles. The van der Waals surface area contributed by atoms with Crippen LogP contribution in [0, 0.1) is 10.8 Å². The van der Waals surface area contributed by atoms with Gasteiger partial charge in [0.25, 0.3) is 0 Å². The summed E-state index contributed by atoms with van der Waals surface area (Å²) < 4.78 is 0. The van der Waals surface area contributed by atoms with Crippen molar-refractivity contribution in [3.63, 3.8) is 0 Å². The maximum atomic E-state index is 11.3. The SMILES string of the molecule is CC(C)(C)CC(O)(C(=O)[O-])C(O)(CC(C)(C)C)C(=O)[O-]. The Morgan fingerprint density at radius 2 is 0.950 bits per heavy atom. The Morgan fingerprint density at radius 3 is 1.05 bits per heavy atom. The lowest BCUT2D eigenvalue weighted by atomic mass is 9.67. The number of aliphatic hydroxyl groups is 2. The number of rotatable bonds is 5. The van der Waals surface area contributed by atoms with Crippen molar-refractivity contribution < 1.29 is 30.0 Å². The van der Waals surface area contributed by atoms with E-state index < -0.39 is 46.8 Å². The summed E-state index contributed by atoms with van der Waals surface area (Å²) in [5.74, 6) is -4.05. The molecule has 0 fully saturated rings. The molecule has 0 radical (unpaired) electrons. The van der Waals surface area contributed by atoms with Gasteiger partial charge >= 0.3 is 0 Å². The highest BCUT2D eigenvalue weighted by Gasteiger charge is 2.54. The number of aliphatic carboxylic acids is 2. The molecule has 0 aliphatic rings. The molecule has 6 nitrogen and oxygen atoms in total. The molecule has 0 aliphatic carbocycles. The molecule has 0 rings (SSSR count). The molecule has 2 atom stereocenters. The number of hydrogen-bond donors (Lipinski definition) is 2. The second kappa shape index (κ2) is 5.33. The summed E-state index contributed by atoms with van der Waals surface area (Å²) in [6.07, 6.45) is -0.966. The van der Waals surface area contributed by atoms with E-state index in [2.05, 4.69) is 0 Å². The Kier molecular flexibility index (Phi) is 5.03. The maximum absolute atomic E-state index is 11.3. The number of carboxylic acids is 2. The molecule has 118 valence electrons. The predicted octanol–water partition coefficient (Wildman–Crippen LogP) is -1.18. The van der Waals surface area contributed by atoms with E-state index in [1.807, 2.05) is 0 Å². The fourth-order valence-electron chi connectivity index (χ4n) is 2.31. The van der Waals surface area contributed by atoms with Crippen molar-refractivity contribution >= 4 is 11.9 Å². The number of carboxylic acid groups (broad SMARTS) is 2. The van der Waals surface area contributed by atoms with E-state index in [0.29, 0.717) is 0 Å². The normalized spacial score (nSPS) is 19.0. The van der Waals surface area contributed by atoms with Crippen LogP contribution in [-0.4, -0.2) is 33.4 Å². The third-order valence-corrected chi connectivity index (χ3v) is 2.93. The van der Waals surface area contributed by atoms with Gasteiger partial charge < -0.3 is 30.0 Å². The van der Waals surface area contributed by atoms with E-state index in [4.69, 9.17) is 0 Å². The van der Waals surface area contributed by atoms with Crippen LogP contribution in [0.5, 0.6) is 0 Å². The van der Waals surface area contributed by atoms with Crippen LogP contribution in [0.3, 0.4) is 0 Å². The summed E-state index contributed by atoms with van der Waals surface area (Å²) in [6, 6.07) is 0. The molecule has 0 aliphatic heterocycles. The highest BCUT2D eigenvalue weighted by Crippen LogP contribution is 2.40. The molecular formula is C14H24O6-2. The summed E-state index contributed by atoms with van der Waals surface area (Å²) in [5, 5.41) is 43.3. The highest BCUT2D eigenvalue weighted by atomic mass is 16.5. The zero-order valence-electron chi connectivity index (χ0n) is 12.9. The summed E-state index contributed by atoms with van der Waals surface area (Å²) in [7, 11) is 0. The largest absolute Gasteiger partial charge is 0.547 e.